The lowest BCUT2D eigenvalue weighted by Crippen LogP contribution is -2.28. The molecule has 0 saturated carbocycles. The summed E-state index contributed by atoms with van der Waals surface area (Å²) in [7, 11) is 0. The molecule has 2 amide bonds. The van der Waals surface area contributed by atoms with Crippen LogP contribution < -0.4 is 15.4 Å². The highest BCUT2D eigenvalue weighted by atomic mass is 16.5. The number of nitrogens with one attached hydrogen (secondary N) is 2. The van der Waals surface area contributed by atoms with Gasteiger partial charge in [0.2, 0.25) is 5.91 Å². The molecule has 2 aromatic carbocycles. The van der Waals surface area contributed by atoms with E-state index in [1.807, 2.05) is 25.1 Å². The zero-order chi connectivity index (χ0) is 20.6. The van der Waals surface area contributed by atoms with Crippen molar-refractivity contribution in [3.63, 3.8) is 0 Å². The summed E-state index contributed by atoms with van der Waals surface area (Å²) in [5, 5.41) is 5.42. The minimum absolute atomic E-state index is 0.0196. The number of ketones is 1. The summed E-state index contributed by atoms with van der Waals surface area (Å²) in [6.45, 7) is 2.30. The van der Waals surface area contributed by atoms with Crippen LogP contribution in [0.5, 0.6) is 5.75 Å². The lowest BCUT2D eigenvalue weighted by Gasteiger charge is -2.09. The molecule has 6 nitrogen and oxygen atoms in total. The highest BCUT2D eigenvalue weighted by Crippen LogP contribution is 2.23. The molecule has 0 saturated heterocycles. The molecular formula is C23H26N2O4. The molecule has 3 rings (SSSR count). The molecule has 0 atom stereocenters. The number of likely N-dealkylation sites (N-methyl/N-ethyl adjacent to an activating group) is 1. The molecule has 152 valence electrons. The van der Waals surface area contributed by atoms with Crippen LogP contribution in [0.1, 0.15) is 47.7 Å². The molecule has 2 aromatic rings. The number of carbonyl (C=O) groups is 3. The zero-order valence-electron chi connectivity index (χ0n) is 16.6. The van der Waals surface area contributed by atoms with Crippen molar-refractivity contribution in [2.24, 2.45) is 0 Å². The number of ether oxygens (including phenoxy) is 1. The second-order valence-corrected chi connectivity index (χ2v) is 7.08. The Bertz CT molecular complexity index is 908. The van der Waals surface area contributed by atoms with E-state index in [4.69, 9.17) is 4.74 Å². The molecule has 1 aliphatic carbocycles. The number of benzene rings is 2. The first kappa shape index (κ1) is 20.6. The number of Topliss-reactive ketones (excluding diaryl/α,β-unsaturated/α-hetero) is 1. The minimum Gasteiger partial charge on any atom is -0.484 e. The monoisotopic (exact) mass is 394 g/mol. The van der Waals surface area contributed by atoms with Gasteiger partial charge < -0.3 is 15.4 Å². The lowest BCUT2D eigenvalue weighted by atomic mass is 10.0. The maximum Gasteiger partial charge on any atom is 0.257 e. The van der Waals surface area contributed by atoms with E-state index in [9.17, 15) is 14.4 Å². The summed E-state index contributed by atoms with van der Waals surface area (Å²) in [4.78, 5) is 36.1. The van der Waals surface area contributed by atoms with Crippen molar-refractivity contribution in [2.45, 2.75) is 39.0 Å². The SMILES string of the molecule is CCNC(=O)COc1cccc(NC(=O)CCC(=O)c2ccc3c(c2)CCC3)c1. The first-order valence-electron chi connectivity index (χ1n) is 9.99. The molecule has 0 bridgehead atoms. The summed E-state index contributed by atoms with van der Waals surface area (Å²) in [6, 6.07) is 12.7. The van der Waals surface area contributed by atoms with E-state index in [-0.39, 0.29) is 37.0 Å². The fourth-order valence-electron chi connectivity index (χ4n) is 3.40. The summed E-state index contributed by atoms with van der Waals surface area (Å²) >= 11 is 0. The summed E-state index contributed by atoms with van der Waals surface area (Å²) in [5.74, 6) is 0.0320. The molecule has 2 N–H and O–H groups in total. The average molecular weight is 394 g/mol. The van der Waals surface area contributed by atoms with E-state index < -0.39 is 0 Å². The number of hydrogen-bond acceptors (Lipinski definition) is 4. The normalized spacial score (nSPS) is 12.2. The average Bonchev–Trinajstić information content (AvgIpc) is 3.19. The van der Waals surface area contributed by atoms with Crippen molar-refractivity contribution < 1.29 is 19.1 Å². The first-order valence-corrected chi connectivity index (χ1v) is 9.99. The zero-order valence-corrected chi connectivity index (χ0v) is 16.6. The van der Waals surface area contributed by atoms with Gasteiger partial charge in [0, 0.05) is 36.7 Å². The Balaban J connectivity index is 1.48. The fraction of sp³-hybridized carbons (Fsp3) is 0.348. The van der Waals surface area contributed by atoms with Crippen LogP contribution in [0, 0.1) is 0 Å². The Labute approximate surface area is 170 Å². The van der Waals surface area contributed by atoms with Gasteiger partial charge in [0.1, 0.15) is 5.75 Å². The van der Waals surface area contributed by atoms with Gasteiger partial charge in [0.05, 0.1) is 0 Å². The van der Waals surface area contributed by atoms with Gasteiger partial charge in [-0.15, -0.1) is 0 Å². The molecule has 0 aromatic heterocycles. The van der Waals surface area contributed by atoms with E-state index in [2.05, 4.69) is 10.6 Å². The quantitative estimate of drug-likeness (QED) is 0.639. The largest absolute Gasteiger partial charge is 0.484 e. The van der Waals surface area contributed by atoms with Gasteiger partial charge in [-0.2, -0.15) is 0 Å². The molecule has 1 aliphatic rings. The number of hydrogen-bond donors (Lipinski definition) is 2. The van der Waals surface area contributed by atoms with Crippen LogP contribution in [0.25, 0.3) is 0 Å². The Morgan fingerprint density at radius 1 is 0.966 bits per heavy atom. The third-order valence-electron chi connectivity index (χ3n) is 4.86. The van der Waals surface area contributed by atoms with Gasteiger partial charge in [-0.3, -0.25) is 14.4 Å². The Morgan fingerprint density at radius 3 is 2.62 bits per heavy atom. The van der Waals surface area contributed by atoms with Crippen LogP contribution in [0.3, 0.4) is 0 Å². The number of carbonyl (C=O) groups excluding carboxylic acids is 3. The number of rotatable bonds is 9. The summed E-state index contributed by atoms with van der Waals surface area (Å²) < 4.78 is 5.42. The molecule has 0 radical (unpaired) electrons. The van der Waals surface area contributed by atoms with Crippen molar-refractivity contribution >= 4 is 23.3 Å². The van der Waals surface area contributed by atoms with E-state index in [1.54, 1.807) is 24.3 Å². The fourth-order valence-corrected chi connectivity index (χ4v) is 3.40. The van der Waals surface area contributed by atoms with E-state index in [0.717, 1.165) is 19.3 Å². The van der Waals surface area contributed by atoms with Crippen LogP contribution >= 0.6 is 0 Å². The van der Waals surface area contributed by atoms with E-state index in [0.29, 0.717) is 23.5 Å². The molecule has 0 unspecified atom stereocenters. The first-order chi connectivity index (χ1) is 14.0. The predicted octanol–water partition coefficient (Wildman–Crippen LogP) is 3.29. The topological polar surface area (TPSA) is 84.5 Å². The lowest BCUT2D eigenvalue weighted by molar-refractivity contribution is -0.123. The number of anilines is 1. The molecule has 6 heteroatoms. The molecule has 0 heterocycles. The Hall–Kier alpha value is -3.15. The summed E-state index contributed by atoms with van der Waals surface area (Å²) in [5.41, 5.74) is 3.82. The van der Waals surface area contributed by atoms with Crippen molar-refractivity contribution in [2.75, 3.05) is 18.5 Å². The van der Waals surface area contributed by atoms with Gasteiger partial charge >= 0.3 is 0 Å². The summed E-state index contributed by atoms with van der Waals surface area (Å²) in [6.07, 6.45) is 3.52. The maximum absolute atomic E-state index is 12.4. The highest BCUT2D eigenvalue weighted by Gasteiger charge is 2.15. The number of aryl methyl sites for hydroxylation is 2. The molecule has 29 heavy (non-hydrogen) atoms. The van der Waals surface area contributed by atoms with Crippen molar-refractivity contribution in [1.29, 1.82) is 0 Å². The third kappa shape index (κ3) is 5.91. The van der Waals surface area contributed by atoms with Crippen LogP contribution in [0.15, 0.2) is 42.5 Å². The van der Waals surface area contributed by atoms with Crippen LogP contribution in [0.2, 0.25) is 0 Å². The van der Waals surface area contributed by atoms with E-state index in [1.165, 1.54) is 11.1 Å². The van der Waals surface area contributed by atoms with Gasteiger partial charge in [0.15, 0.2) is 12.4 Å². The molecular weight excluding hydrogens is 368 g/mol. The maximum atomic E-state index is 12.4. The van der Waals surface area contributed by atoms with Crippen LogP contribution in [0.4, 0.5) is 5.69 Å². The van der Waals surface area contributed by atoms with Crippen molar-refractivity contribution in [3.8, 4) is 5.75 Å². The van der Waals surface area contributed by atoms with Crippen molar-refractivity contribution in [1.82, 2.24) is 5.32 Å². The second kappa shape index (κ2) is 9.87. The Morgan fingerprint density at radius 2 is 1.79 bits per heavy atom. The third-order valence-corrected chi connectivity index (χ3v) is 4.86. The van der Waals surface area contributed by atoms with Crippen LogP contribution in [-0.4, -0.2) is 30.7 Å². The van der Waals surface area contributed by atoms with Gasteiger partial charge in [0.25, 0.3) is 5.91 Å². The van der Waals surface area contributed by atoms with Gasteiger partial charge in [-0.05, 0) is 55.5 Å². The van der Waals surface area contributed by atoms with Crippen molar-refractivity contribution in [3.05, 3.63) is 59.2 Å². The van der Waals surface area contributed by atoms with E-state index >= 15 is 0 Å². The number of fused-ring (bicyclic) bond motifs is 1. The number of amides is 2. The molecule has 0 fully saturated rings. The predicted molar refractivity (Wildman–Crippen MR) is 111 cm³/mol. The Kier molecular flexibility index (Phi) is 7.00. The minimum atomic E-state index is -0.236. The van der Waals surface area contributed by atoms with Gasteiger partial charge in [-0.1, -0.05) is 18.2 Å². The standard InChI is InChI=1S/C23H26N2O4/c1-2-24-23(28)15-29-20-8-4-7-19(14-20)25-22(27)12-11-21(26)18-10-9-16-5-3-6-17(16)13-18/h4,7-10,13-14H,2-3,5-6,11-12,15H2,1H3,(H,24,28)(H,25,27). The molecule has 0 aliphatic heterocycles. The highest BCUT2D eigenvalue weighted by molar-refractivity contribution is 6.00. The smallest absolute Gasteiger partial charge is 0.257 e. The molecule has 0 spiro atoms. The van der Waals surface area contributed by atoms with Gasteiger partial charge in [-0.25, -0.2) is 0 Å². The second-order valence-electron chi connectivity index (χ2n) is 7.08. The van der Waals surface area contributed by atoms with Crippen LogP contribution in [-0.2, 0) is 22.4 Å².